The van der Waals surface area contributed by atoms with E-state index in [1.807, 2.05) is 20.0 Å². The van der Waals surface area contributed by atoms with Gasteiger partial charge in [0.25, 0.3) is 0 Å². The molecule has 2 aromatic heterocycles. The van der Waals surface area contributed by atoms with Crippen molar-refractivity contribution in [3.63, 3.8) is 0 Å². The van der Waals surface area contributed by atoms with Crippen molar-refractivity contribution in [2.75, 3.05) is 23.4 Å². The first kappa shape index (κ1) is 19.1. The Bertz CT molecular complexity index is 1090. The van der Waals surface area contributed by atoms with Gasteiger partial charge in [-0.05, 0) is 38.8 Å². The lowest BCUT2D eigenvalue weighted by Gasteiger charge is -2.36. The highest BCUT2D eigenvalue weighted by Gasteiger charge is 2.37. The van der Waals surface area contributed by atoms with Crippen molar-refractivity contribution in [1.29, 1.82) is 0 Å². The highest BCUT2D eigenvalue weighted by molar-refractivity contribution is 5.92. The van der Waals surface area contributed by atoms with E-state index in [2.05, 4.69) is 31.5 Å². The number of ether oxygens (including phenoxy) is 1. The molecule has 1 N–H and O–H groups in total. The van der Waals surface area contributed by atoms with Crippen molar-refractivity contribution in [1.82, 2.24) is 15.2 Å². The third-order valence-electron chi connectivity index (χ3n) is 6.09. The molecule has 2 aliphatic rings. The summed E-state index contributed by atoms with van der Waals surface area (Å²) in [6.07, 6.45) is 4.12. The fourth-order valence-electron chi connectivity index (χ4n) is 4.58. The van der Waals surface area contributed by atoms with Crippen LogP contribution in [-0.4, -0.2) is 40.5 Å². The SMILES string of the molecule is Cc1nnc(N[C@H](C)c2ccc(F)cc2F)c2cc(N3C4CCC3COC4)cnc12. The Morgan fingerprint density at radius 3 is 2.63 bits per heavy atom. The zero-order valence-electron chi connectivity index (χ0n) is 16.9. The van der Waals surface area contributed by atoms with Gasteiger partial charge in [0.05, 0.1) is 54.4 Å². The van der Waals surface area contributed by atoms with Gasteiger partial charge in [-0.25, -0.2) is 8.78 Å². The van der Waals surface area contributed by atoms with E-state index in [0.29, 0.717) is 23.5 Å². The summed E-state index contributed by atoms with van der Waals surface area (Å²) in [6.45, 7) is 5.14. The lowest BCUT2D eigenvalue weighted by molar-refractivity contribution is 0.0906. The summed E-state index contributed by atoms with van der Waals surface area (Å²) < 4.78 is 33.2. The van der Waals surface area contributed by atoms with Crippen LogP contribution in [0.15, 0.2) is 30.5 Å². The maximum Gasteiger partial charge on any atom is 0.158 e. The molecule has 0 amide bonds. The first-order valence-corrected chi connectivity index (χ1v) is 10.2. The van der Waals surface area contributed by atoms with Crippen molar-refractivity contribution in [3.8, 4) is 0 Å². The van der Waals surface area contributed by atoms with Crippen molar-refractivity contribution in [2.45, 2.75) is 44.8 Å². The van der Waals surface area contributed by atoms with Crippen LogP contribution in [0.1, 0.15) is 37.1 Å². The highest BCUT2D eigenvalue weighted by Crippen LogP contribution is 2.36. The Hall–Kier alpha value is -2.87. The number of nitrogens with one attached hydrogen (secondary N) is 1. The van der Waals surface area contributed by atoms with Crippen LogP contribution < -0.4 is 10.2 Å². The lowest BCUT2D eigenvalue weighted by atomic mass is 10.1. The Morgan fingerprint density at radius 1 is 1.13 bits per heavy atom. The van der Waals surface area contributed by atoms with Crippen LogP contribution in [0.5, 0.6) is 0 Å². The second-order valence-electron chi connectivity index (χ2n) is 8.09. The summed E-state index contributed by atoms with van der Waals surface area (Å²) >= 11 is 0. The minimum absolute atomic E-state index is 0.363. The molecule has 0 radical (unpaired) electrons. The van der Waals surface area contributed by atoms with Gasteiger partial charge in [-0.15, -0.1) is 5.10 Å². The number of aryl methyl sites for hydroxylation is 1. The molecule has 2 bridgehead atoms. The van der Waals surface area contributed by atoms with Crippen LogP contribution in [0.2, 0.25) is 0 Å². The number of anilines is 2. The first-order chi connectivity index (χ1) is 14.5. The smallest absolute Gasteiger partial charge is 0.158 e. The second kappa shape index (κ2) is 7.43. The molecule has 1 aromatic carbocycles. The number of fused-ring (bicyclic) bond motifs is 3. The summed E-state index contributed by atoms with van der Waals surface area (Å²) in [7, 11) is 0. The summed E-state index contributed by atoms with van der Waals surface area (Å²) in [5.41, 5.74) is 2.88. The number of halogens is 2. The maximum absolute atomic E-state index is 14.2. The van der Waals surface area contributed by atoms with Gasteiger partial charge in [-0.1, -0.05) is 6.07 Å². The number of morpholine rings is 1. The number of hydrogen-bond donors (Lipinski definition) is 1. The average molecular weight is 411 g/mol. The van der Waals surface area contributed by atoms with Crippen LogP contribution in [0.4, 0.5) is 20.3 Å². The molecular weight excluding hydrogens is 388 g/mol. The zero-order chi connectivity index (χ0) is 20.8. The predicted molar refractivity (Wildman–Crippen MR) is 111 cm³/mol. The molecular formula is C22H23F2N5O. The van der Waals surface area contributed by atoms with Gasteiger partial charge in [-0.3, -0.25) is 4.98 Å². The van der Waals surface area contributed by atoms with Crippen molar-refractivity contribution in [3.05, 3.63) is 53.4 Å². The average Bonchev–Trinajstić information content (AvgIpc) is 2.98. The molecule has 8 heteroatoms. The molecule has 2 fully saturated rings. The minimum Gasteiger partial charge on any atom is -0.377 e. The third kappa shape index (κ3) is 3.25. The molecule has 0 saturated carbocycles. The Morgan fingerprint density at radius 2 is 1.90 bits per heavy atom. The summed E-state index contributed by atoms with van der Waals surface area (Å²) in [4.78, 5) is 7.08. The van der Waals surface area contributed by atoms with Crippen LogP contribution in [0.3, 0.4) is 0 Å². The van der Waals surface area contributed by atoms with E-state index >= 15 is 0 Å². The van der Waals surface area contributed by atoms with Crippen LogP contribution in [0.25, 0.3) is 10.9 Å². The van der Waals surface area contributed by atoms with Gasteiger partial charge in [-0.2, -0.15) is 5.10 Å². The van der Waals surface area contributed by atoms with Gasteiger partial charge in [0, 0.05) is 17.0 Å². The Balaban J connectivity index is 1.52. The Labute approximate surface area is 173 Å². The monoisotopic (exact) mass is 411 g/mol. The van der Waals surface area contributed by atoms with E-state index < -0.39 is 17.7 Å². The van der Waals surface area contributed by atoms with E-state index in [4.69, 9.17) is 4.74 Å². The molecule has 2 saturated heterocycles. The van der Waals surface area contributed by atoms with Gasteiger partial charge in [0.2, 0.25) is 0 Å². The van der Waals surface area contributed by atoms with Crippen LogP contribution >= 0.6 is 0 Å². The molecule has 5 rings (SSSR count). The molecule has 156 valence electrons. The van der Waals surface area contributed by atoms with Crippen LogP contribution in [0, 0.1) is 18.6 Å². The van der Waals surface area contributed by atoms with Gasteiger partial charge in [0.1, 0.15) is 11.6 Å². The van der Waals surface area contributed by atoms with Gasteiger partial charge in [0.15, 0.2) is 5.82 Å². The summed E-state index contributed by atoms with van der Waals surface area (Å²) in [6, 6.07) is 5.97. The molecule has 2 aliphatic heterocycles. The number of aromatic nitrogens is 3. The highest BCUT2D eigenvalue weighted by atomic mass is 19.1. The maximum atomic E-state index is 14.2. The van der Waals surface area contributed by atoms with Gasteiger partial charge < -0.3 is 15.0 Å². The molecule has 6 nitrogen and oxygen atoms in total. The topological polar surface area (TPSA) is 63.2 Å². The molecule has 4 heterocycles. The zero-order valence-corrected chi connectivity index (χ0v) is 16.9. The number of nitrogens with zero attached hydrogens (tertiary/aromatic N) is 4. The third-order valence-corrected chi connectivity index (χ3v) is 6.09. The van der Waals surface area contributed by atoms with E-state index in [1.165, 1.54) is 12.1 Å². The van der Waals surface area contributed by atoms with E-state index in [0.717, 1.165) is 54.4 Å². The molecule has 0 spiro atoms. The number of pyridine rings is 1. The van der Waals surface area contributed by atoms with E-state index in [-0.39, 0.29) is 0 Å². The molecule has 3 atom stereocenters. The fourth-order valence-corrected chi connectivity index (χ4v) is 4.58. The second-order valence-corrected chi connectivity index (χ2v) is 8.09. The van der Waals surface area contributed by atoms with E-state index in [1.54, 1.807) is 0 Å². The number of benzene rings is 1. The number of hydrogen-bond acceptors (Lipinski definition) is 6. The van der Waals surface area contributed by atoms with Gasteiger partial charge >= 0.3 is 0 Å². The molecule has 30 heavy (non-hydrogen) atoms. The van der Waals surface area contributed by atoms with Crippen molar-refractivity contribution < 1.29 is 13.5 Å². The van der Waals surface area contributed by atoms with Crippen molar-refractivity contribution >= 4 is 22.4 Å². The normalized spacial score (nSPS) is 21.8. The lowest BCUT2D eigenvalue weighted by Crippen LogP contribution is -2.45. The standard InChI is InChI=1S/C22H23F2N5O/c1-12(18-6-3-14(23)7-20(18)24)26-22-19-8-17(9-25-21(19)13(2)27-28-22)29-15-4-5-16(29)11-30-10-15/h3,6-9,12,15-16H,4-5,10-11H2,1-2H3,(H,26,28)/t12-,15?,16?/m1/s1. The van der Waals surface area contributed by atoms with E-state index in [9.17, 15) is 8.78 Å². The largest absolute Gasteiger partial charge is 0.377 e. The quantitative estimate of drug-likeness (QED) is 0.696. The predicted octanol–water partition coefficient (Wildman–Crippen LogP) is 4.15. The number of rotatable bonds is 4. The van der Waals surface area contributed by atoms with Crippen LogP contribution in [-0.2, 0) is 4.74 Å². The minimum atomic E-state index is -0.599. The first-order valence-electron chi connectivity index (χ1n) is 10.2. The summed E-state index contributed by atoms with van der Waals surface area (Å²) in [5, 5.41) is 12.6. The molecule has 3 aromatic rings. The fraction of sp³-hybridized carbons (Fsp3) is 0.409. The molecule has 2 unspecified atom stereocenters. The van der Waals surface area contributed by atoms with Crippen molar-refractivity contribution in [2.24, 2.45) is 0 Å². The summed E-state index contributed by atoms with van der Waals surface area (Å²) in [5.74, 6) is -0.664. The molecule has 0 aliphatic carbocycles. The Kier molecular flexibility index (Phi) is 4.73.